The fraction of sp³-hybridized carbons (Fsp3) is 0.480. The maximum absolute atomic E-state index is 15.3. The number of pyridine rings is 3. The summed E-state index contributed by atoms with van der Waals surface area (Å²) in [5.41, 5.74) is 7.98. The van der Waals surface area contributed by atoms with Gasteiger partial charge in [-0.3, -0.25) is 20.3 Å². The van der Waals surface area contributed by atoms with E-state index >= 15 is 4.39 Å². The first-order valence-corrected chi connectivity index (χ1v) is 12.3. The van der Waals surface area contributed by atoms with Crippen molar-refractivity contribution in [2.45, 2.75) is 75.9 Å². The molecule has 3 aromatic rings. The number of hydrogen-bond donors (Lipinski definition) is 4. The molecule has 3 fully saturated rings. The van der Waals surface area contributed by atoms with Gasteiger partial charge in [0.2, 0.25) is 0 Å². The zero-order chi connectivity index (χ0) is 23.1. The number of aromatic nitrogens is 3. The van der Waals surface area contributed by atoms with E-state index in [1.54, 1.807) is 6.20 Å². The lowest BCUT2D eigenvalue weighted by atomic mass is 9.96. The van der Waals surface area contributed by atoms with Crippen LogP contribution in [0.2, 0.25) is 0 Å². The third-order valence-electron chi connectivity index (χ3n) is 7.45. The second-order valence-corrected chi connectivity index (χ2v) is 9.87. The van der Waals surface area contributed by atoms with E-state index in [-0.39, 0.29) is 12.0 Å². The molecule has 0 saturated carbocycles. The van der Waals surface area contributed by atoms with Crippen LogP contribution in [0.25, 0.3) is 10.9 Å². The average Bonchev–Trinajstić information content (AvgIpc) is 3.36. The third-order valence-corrected chi connectivity index (χ3v) is 7.45. The molecule has 8 nitrogen and oxygen atoms in total. The first kappa shape index (κ1) is 21.6. The minimum absolute atomic E-state index is 0.0849. The summed E-state index contributed by atoms with van der Waals surface area (Å²) in [4.78, 5) is 15.9. The number of piperidine rings is 1. The molecule has 4 N–H and O–H groups in total. The van der Waals surface area contributed by atoms with Gasteiger partial charge in [-0.25, -0.2) is 14.8 Å². The highest BCUT2D eigenvalue weighted by Crippen LogP contribution is 2.38. The Labute approximate surface area is 198 Å². The number of hydrogen-bond acceptors (Lipinski definition) is 8. The summed E-state index contributed by atoms with van der Waals surface area (Å²) in [6.07, 6.45) is 10.7. The van der Waals surface area contributed by atoms with Gasteiger partial charge in [0, 0.05) is 54.7 Å². The van der Waals surface area contributed by atoms with Gasteiger partial charge in [-0.15, -0.1) is 0 Å². The van der Waals surface area contributed by atoms with Gasteiger partial charge in [-0.2, -0.15) is 0 Å². The first-order chi connectivity index (χ1) is 16.6. The highest BCUT2D eigenvalue weighted by molar-refractivity contribution is 5.91. The van der Waals surface area contributed by atoms with Crippen LogP contribution in [0.3, 0.4) is 0 Å². The molecular formula is C25H31FN8. The van der Waals surface area contributed by atoms with Crippen molar-refractivity contribution in [3.63, 3.8) is 0 Å². The van der Waals surface area contributed by atoms with E-state index in [0.717, 1.165) is 31.2 Å². The molecule has 3 aromatic heterocycles. The van der Waals surface area contributed by atoms with E-state index in [4.69, 9.17) is 4.98 Å². The summed E-state index contributed by atoms with van der Waals surface area (Å²) < 4.78 is 15.3. The smallest absolute Gasteiger partial charge is 0.191 e. The molecule has 0 aromatic carbocycles. The van der Waals surface area contributed by atoms with E-state index < -0.39 is 5.82 Å². The molecule has 6 heterocycles. The number of hydrazine groups is 1. The van der Waals surface area contributed by atoms with Crippen molar-refractivity contribution < 1.29 is 4.39 Å². The zero-order valence-corrected chi connectivity index (χ0v) is 19.3. The van der Waals surface area contributed by atoms with Gasteiger partial charge < -0.3 is 10.6 Å². The predicted octanol–water partition coefficient (Wildman–Crippen LogP) is 3.40. The van der Waals surface area contributed by atoms with Crippen molar-refractivity contribution in [1.29, 1.82) is 0 Å². The van der Waals surface area contributed by atoms with Crippen LogP contribution in [0.5, 0.6) is 0 Å². The summed E-state index contributed by atoms with van der Waals surface area (Å²) in [7, 11) is 0. The number of nitrogens with one attached hydrogen (secondary N) is 4. The maximum Gasteiger partial charge on any atom is 0.191 e. The first-order valence-electron chi connectivity index (χ1n) is 12.3. The van der Waals surface area contributed by atoms with E-state index in [2.05, 4.69) is 55.4 Å². The molecule has 178 valence electrons. The maximum atomic E-state index is 15.3. The van der Waals surface area contributed by atoms with Gasteiger partial charge in [0.15, 0.2) is 11.6 Å². The molecule has 3 aliphatic rings. The van der Waals surface area contributed by atoms with E-state index in [1.165, 1.54) is 18.4 Å². The number of nitrogens with zero attached hydrogens (tertiary/aromatic N) is 4. The van der Waals surface area contributed by atoms with Crippen molar-refractivity contribution in [3.8, 4) is 0 Å². The summed E-state index contributed by atoms with van der Waals surface area (Å²) in [6.45, 7) is 3.06. The van der Waals surface area contributed by atoms with Gasteiger partial charge in [-0.05, 0) is 68.9 Å². The van der Waals surface area contributed by atoms with Crippen molar-refractivity contribution >= 4 is 22.5 Å². The molecule has 5 atom stereocenters. The van der Waals surface area contributed by atoms with Gasteiger partial charge >= 0.3 is 0 Å². The van der Waals surface area contributed by atoms with Crippen LogP contribution in [-0.2, 0) is 6.54 Å². The molecule has 0 spiro atoms. The molecule has 34 heavy (non-hydrogen) atoms. The summed E-state index contributed by atoms with van der Waals surface area (Å²) >= 11 is 0. The minimum atomic E-state index is -0.408. The zero-order valence-electron chi connectivity index (χ0n) is 19.3. The standard InChI is InChI=1S/C25H31FN8/c1-15-11-21(33-32-15)30-25-22(26)23-20(3-2-8-28-23)24(31-25)29-17-12-18-4-5-19(13-17)34(18)14-16-6-9-27-10-7-16/h2-3,6-10,15,17-19,21,32-33H,4-5,11-14H2,1H3,(H2,29,30,31)/t15?,17?,18-,19+,21?. The van der Waals surface area contributed by atoms with Crippen molar-refractivity contribution in [3.05, 3.63) is 54.2 Å². The number of rotatable bonds is 6. The average molecular weight is 463 g/mol. The molecule has 0 amide bonds. The van der Waals surface area contributed by atoms with Crippen LogP contribution in [0.4, 0.5) is 16.0 Å². The molecule has 6 rings (SSSR count). The minimum Gasteiger partial charge on any atom is -0.367 e. The molecule has 3 saturated heterocycles. The van der Waals surface area contributed by atoms with Crippen molar-refractivity contribution in [2.24, 2.45) is 0 Å². The van der Waals surface area contributed by atoms with Gasteiger partial charge in [-0.1, -0.05) is 0 Å². The predicted molar refractivity (Wildman–Crippen MR) is 130 cm³/mol. The van der Waals surface area contributed by atoms with Crippen LogP contribution in [-0.4, -0.2) is 50.2 Å². The Hall–Kier alpha value is -2.88. The van der Waals surface area contributed by atoms with E-state index in [9.17, 15) is 0 Å². The largest absolute Gasteiger partial charge is 0.367 e. The summed E-state index contributed by atoms with van der Waals surface area (Å²) in [5, 5.41) is 7.63. The molecule has 0 radical (unpaired) electrons. The second-order valence-electron chi connectivity index (χ2n) is 9.87. The number of halogens is 1. The van der Waals surface area contributed by atoms with Gasteiger partial charge in [0.1, 0.15) is 11.3 Å². The molecule has 0 aliphatic carbocycles. The van der Waals surface area contributed by atoms with Gasteiger partial charge in [0.05, 0.1) is 6.17 Å². The third kappa shape index (κ3) is 4.19. The van der Waals surface area contributed by atoms with Crippen LogP contribution in [0.15, 0.2) is 42.9 Å². The van der Waals surface area contributed by atoms with Crippen molar-refractivity contribution in [2.75, 3.05) is 10.6 Å². The summed E-state index contributed by atoms with van der Waals surface area (Å²) in [6, 6.07) is 9.65. The Balaban J connectivity index is 1.22. The Morgan fingerprint density at radius 2 is 1.79 bits per heavy atom. The molecule has 3 aliphatic heterocycles. The fourth-order valence-corrected chi connectivity index (χ4v) is 5.83. The van der Waals surface area contributed by atoms with E-state index in [1.807, 2.05) is 24.5 Å². The molecular weight excluding hydrogens is 431 g/mol. The topological polar surface area (TPSA) is 90.0 Å². The SMILES string of the molecule is CC1CC(Nc2nc(NC3C[C@H]4CC[C@@H](C3)N4Cc3ccncc3)c3cccnc3c2F)NN1. The molecule has 9 heteroatoms. The van der Waals surface area contributed by atoms with Crippen molar-refractivity contribution in [1.82, 2.24) is 30.7 Å². The monoisotopic (exact) mass is 462 g/mol. The number of fused-ring (bicyclic) bond motifs is 3. The highest BCUT2D eigenvalue weighted by Gasteiger charge is 2.40. The van der Waals surface area contributed by atoms with Crippen LogP contribution in [0, 0.1) is 5.82 Å². The lowest BCUT2D eigenvalue weighted by molar-refractivity contribution is 0.124. The molecule has 3 unspecified atom stereocenters. The Morgan fingerprint density at radius 3 is 2.53 bits per heavy atom. The van der Waals surface area contributed by atoms with E-state index in [0.29, 0.717) is 35.5 Å². The Kier molecular flexibility index (Phi) is 5.76. The number of anilines is 2. The Bertz CT molecular complexity index is 1140. The van der Waals surface area contributed by atoms with Crippen LogP contribution < -0.4 is 21.5 Å². The normalized spacial score (nSPS) is 28.9. The lowest BCUT2D eigenvalue weighted by Crippen LogP contribution is -2.46. The van der Waals surface area contributed by atoms with Gasteiger partial charge in [0.25, 0.3) is 0 Å². The quantitative estimate of drug-likeness (QED) is 0.443. The Morgan fingerprint density at radius 1 is 1.00 bits per heavy atom. The summed E-state index contributed by atoms with van der Waals surface area (Å²) in [5.74, 6) is 0.535. The molecule has 2 bridgehead atoms. The lowest BCUT2D eigenvalue weighted by Gasteiger charge is -2.39. The highest BCUT2D eigenvalue weighted by atomic mass is 19.1. The van der Waals surface area contributed by atoms with Crippen LogP contribution in [0.1, 0.15) is 44.6 Å². The fourth-order valence-electron chi connectivity index (χ4n) is 5.83. The van der Waals surface area contributed by atoms with Crippen LogP contribution >= 0.6 is 0 Å². The second kappa shape index (κ2) is 9.05.